The van der Waals surface area contributed by atoms with Gasteiger partial charge in [-0.3, -0.25) is 10.1 Å². The minimum Gasteiger partial charge on any atom is -0.495 e. The summed E-state index contributed by atoms with van der Waals surface area (Å²) < 4.78 is 31.5. The molecule has 2 rings (SSSR count). The van der Waals surface area contributed by atoms with Gasteiger partial charge in [-0.1, -0.05) is 0 Å². The number of nitrogens with zero attached hydrogens (tertiary/aromatic N) is 2. The van der Waals surface area contributed by atoms with Crippen molar-refractivity contribution in [1.82, 2.24) is 4.31 Å². The van der Waals surface area contributed by atoms with Crippen molar-refractivity contribution in [3.8, 4) is 5.75 Å². The lowest BCUT2D eigenvalue weighted by atomic mass is 10.2. The first-order valence-corrected chi connectivity index (χ1v) is 7.81. The second-order valence-electron chi connectivity index (χ2n) is 4.69. The quantitative estimate of drug-likeness (QED) is 0.634. The molecular weight excluding hydrogens is 300 g/mol. The van der Waals surface area contributed by atoms with E-state index in [1.807, 2.05) is 0 Å². The van der Waals surface area contributed by atoms with Crippen LogP contribution in [-0.2, 0) is 10.0 Å². The number of aliphatic hydroxyl groups is 1. The molecule has 21 heavy (non-hydrogen) atoms. The zero-order chi connectivity index (χ0) is 15.6. The van der Waals surface area contributed by atoms with Crippen LogP contribution in [0.25, 0.3) is 0 Å². The van der Waals surface area contributed by atoms with Crippen LogP contribution >= 0.6 is 0 Å². The largest absolute Gasteiger partial charge is 0.495 e. The fraction of sp³-hybridized carbons (Fsp3) is 0.500. The van der Waals surface area contributed by atoms with Gasteiger partial charge in [0.15, 0.2) is 0 Å². The Labute approximate surface area is 122 Å². The second kappa shape index (κ2) is 5.96. The number of nitro benzene ring substituents is 1. The number of hydrogen-bond acceptors (Lipinski definition) is 6. The van der Waals surface area contributed by atoms with Crippen molar-refractivity contribution in [2.75, 3.05) is 20.3 Å². The molecule has 0 unspecified atom stereocenters. The summed E-state index contributed by atoms with van der Waals surface area (Å²) in [5.41, 5.74) is -0.325. The van der Waals surface area contributed by atoms with Gasteiger partial charge >= 0.3 is 0 Å². The van der Waals surface area contributed by atoms with Gasteiger partial charge in [-0.2, -0.15) is 4.31 Å². The fourth-order valence-electron chi connectivity index (χ4n) is 2.41. The van der Waals surface area contributed by atoms with Gasteiger partial charge in [0, 0.05) is 24.7 Å². The Bertz CT molecular complexity index is 645. The monoisotopic (exact) mass is 316 g/mol. The van der Waals surface area contributed by atoms with E-state index in [0.717, 1.165) is 6.07 Å². The van der Waals surface area contributed by atoms with E-state index in [1.165, 1.54) is 23.5 Å². The number of methoxy groups -OCH3 is 1. The van der Waals surface area contributed by atoms with Crippen LogP contribution in [0.1, 0.15) is 12.8 Å². The van der Waals surface area contributed by atoms with E-state index in [-0.39, 0.29) is 29.5 Å². The summed E-state index contributed by atoms with van der Waals surface area (Å²) in [5.74, 6) is 0.0455. The maximum absolute atomic E-state index is 12.7. The number of sulfonamides is 1. The molecule has 1 heterocycles. The van der Waals surface area contributed by atoms with Gasteiger partial charge in [-0.25, -0.2) is 8.42 Å². The minimum absolute atomic E-state index is 0.0455. The van der Waals surface area contributed by atoms with Gasteiger partial charge in [-0.05, 0) is 18.9 Å². The van der Waals surface area contributed by atoms with Crippen molar-refractivity contribution in [2.45, 2.75) is 23.8 Å². The molecule has 0 spiro atoms. The molecule has 1 aromatic carbocycles. The Kier molecular flexibility index (Phi) is 4.45. The average Bonchev–Trinajstić information content (AvgIpc) is 2.95. The fourth-order valence-corrected chi connectivity index (χ4v) is 4.28. The molecule has 1 atom stereocenters. The molecule has 116 valence electrons. The summed E-state index contributed by atoms with van der Waals surface area (Å²) >= 11 is 0. The highest BCUT2D eigenvalue weighted by Gasteiger charge is 2.37. The molecule has 0 aliphatic carbocycles. The van der Waals surface area contributed by atoms with Gasteiger partial charge in [0.1, 0.15) is 10.6 Å². The lowest BCUT2D eigenvalue weighted by Gasteiger charge is -2.23. The Balaban J connectivity index is 2.52. The zero-order valence-corrected chi connectivity index (χ0v) is 12.2. The van der Waals surface area contributed by atoms with E-state index in [1.54, 1.807) is 0 Å². The second-order valence-corrected chi connectivity index (χ2v) is 6.55. The maximum atomic E-state index is 12.7. The van der Waals surface area contributed by atoms with Gasteiger partial charge in [0.25, 0.3) is 5.69 Å². The van der Waals surface area contributed by atoms with Crippen LogP contribution in [0.3, 0.4) is 0 Å². The van der Waals surface area contributed by atoms with Crippen molar-refractivity contribution in [1.29, 1.82) is 0 Å². The smallest absolute Gasteiger partial charge is 0.271 e. The van der Waals surface area contributed by atoms with Crippen molar-refractivity contribution in [3.63, 3.8) is 0 Å². The summed E-state index contributed by atoms with van der Waals surface area (Å²) in [6.45, 7) is -0.00409. The third-order valence-corrected chi connectivity index (χ3v) is 5.45. The molecule has 1 aliphatic heterocycles. The van der Waals surface area contributed by atoms with Crippen LogP contribution in [0, 0.1) is 10.1 Å². The minimum atomic E-state index is -3.95. The number of ether oxygens (including phenoxy) is 1. The maximum Gasteiger partial charge on any atom is 0.271 e. The number of benzene rings is 1. The number of aliphatic hydroxyl groups excluding tert-OH is 1. The summed E-state index contributed by atoms with van der Waals surface area (Å²) in [6.07, 6.45) is 1.20. The lowest BCUT2D eigenvalue weighted by molar-refractivity contribution is -0.385. The molecule has 0 radical (unpaired) electrons. The first-order valence-electron chi connectivity index (χ1n) is 6.37. The molecule has 1 aromatic rings. The first kappa shape index (κ1) is 15.7. The summed E-state index contributed by atoms with van der Waals surface area (Å²) in [5, 5.41) is 20.1. The first-order chi connectivity index (χ1) is 9.91. The Morgan fingerprint density at radius 1 is 1.52 bits per heavy atom. The lowest BCUT2D eigenvalue weighted by Crippen LogP contribution is -2.37. The zero-order valence-electron chi connectivity index (χ0n) is 11.4. The summed E-state index contributed by atoms with van der Waals surface area (Å²) in [7, 11) is -2.66. The highest BCUT2D eigenvalue weighted by atomic mass is 32.2. The third-order valence-electron chi connectivity index (χ3n) is 3.48. The topological polar surface area (TPSA) is 110 Å². The van der Waals surface area contributed by atoms with Crippen LogP contribution in [0.5, 0.6) is 5.75 Å². The molecule has 8 nitrogen and oxygen atoms in total. The summed E-state index contributed by atoms with van der Waals surface area (Å²) in [4.78, 5) is 9.93. The van der Waals surface area contributed by atoms with E-state index in [9.17, 15) is 23.6 Å². The number of non-ortho nitro benzene ring substituents is 1. The van der Waals surface area contributed by atoms with Gasteiger partial charge in [0.05, 0.1) is 18.6 Å². The molecule has 0 amide bonds. The van der Waals surface area contributed by atoms with Crippen molar-refractivity contribution < 1.29 is 23.2 Å². The number of hydrogen-bond donors (Lipinski definition) is 1. The van der Waals surface area contributed by atoms with Crippen LogP contribution in [0.15, 0.2) is 23.1 Å². The normalized spacial score (nSPS) is 19.6. The van der Waals surface area contributed by atoms with Crippen molar-refractivity contribution in [3.05, 3.63) is 28.3 Å². The molecule has 1 N–H and O–H groups in total. The third kappa shape index (κ3) is 2.85. The van der Waals surface area contributed by atoms with E-state index >= 15 is 0 Å². The van der Waals surface area contributed by atoms with Crippen LogP contribution < -0.4 is 4.74 Å². The SMILES string of the molecule is COc1ccc([N+](=O)[O-])cc1S(=O)(=O)N1CCC[C@@H]1CO. The van der Waals surface area contributed by atoms with E-state index in [4.69, 9.17) is 4.74 Å². The molecule has 9 heteroatoms. The van der Waals surface area contributed by atoms with Gasteiger partial charge in [-0.15, -0.1) is 0 Å². The Morgan fingerprint density at radius 3 is 2.81 bits per heavy atom. The summed E-state index contributed by atoms with van der Waals surface area (Å²) in [6, 6.07) is 2.93. The van der Waals surface area contributed by atoms with E-state index in [2.05, 4.69) is 0 Å². The number of nitro groups is 1. The number of rotatable bonds is 5. The molecular formula is C12H16N2O6S. The van der Waals surface area contributed by atoms with E-state index in [0.29, 0.717) is 12.8 Å². The molecule has 1 saturated heterocycles. The van der Waals surface area contributed by atoms with Gasteiger partial charge in [0.2, 0.25) is 10.0 Å². The predicted molar refractivity (Wildman–Crippen MR) is 73.6 cm³/mol. The van der Waals surface area contributed by atoms with Crippen molar-refractivity contribution in [2.24, 2.45) is 0 Å². The highest BCUT2D eigenvalue weighted by Crippen LogP contribution is 2.33. The average molecular weight is 316 g/mol. The highest BCUT2D eigenvalue weighted by molar-refractivity contribution is 7.89. The van der Waals surface area contributed by atoms with Crippen LogP contribution in [-0.4, -0.2) is 49.1 Å². The van der Waals surface area contributed by atoms with Crippen LogP contribution in [0.2, 0.25) is 0 Å². The molecule has 0 saturated carbocycles. The molecule has 0 aromatic heterocycles. The molecule has 1 aliphatic rings. The van der Waals surface area contributed by atoms with E-state index < -0.39 is 21.0 Å². The standard InChI is InChI=1S/C12H16N2O6S/c1-20-11-5-4-9(14(16)17)7-12(11)21(18,19)13-6-2-3-10(13)8-15/h4-5,7,10,15H,2-3,6,8H2,1H3/t10-/m1/s1. The Morgan fingerprint density at radius 2 is 2.24 bits per heavy atom. The molecule has 1 fully saturated rings. The Hall–Kier alpha value is -1.71. The van der Waals surface area contributed by atoms with Gasteiger partial charge < -0.3 is 9.84 Å². The molecule has 0 bridgehead atoms. The predicted octanol–water partition coefficient (Wildman–Crippen LogP) is 0.749. The van der Waals surface area contributed by atoms with Crippen molar-refractivity contribution >= 4 is 15.7 Å². The van der Waals surface area contributed by atoms with Crippen LogP contribution in [0.4, 0.5) is 5.69 Å².